The molecule has 1 aromatic heterocycles. The maximum atomic E-state index is 12.5. The minimum absolute atomic E-state index is 0.0221. The Bertz CT molecular complexity index is 832. The van der Waals surface area contributed by atoms with Gasteiger partial charge in [-0.2, -0.15) is 0 Å². The van der Waals surface area contributed by atoms with Gasteiger partial charge in [-0.3, -0.25) is 9.59 Å². The van der Waals surface area contributed by atoms with Gasteiger partial charge in [-0.1, -0.05) is 31.0 Å². The average molecular weight is 395 g/mol. The summed E-state index contributed by atoms with van der Waals surface area (Å²) >= 11 is 1.71. The van der Waals surface area contributed by atoms with Gasteiger partial charge in [0.25, 0.3) is 5.91 Å². The summed E-state index contributed by atoms with van der Waals surface area (Å²) < 4.78 is 0. The largest absolute Gasteiger partial charge is 0.349 e. The van der Waals surface area contributed by atoms with Crippen LogP contribution >= 0.6 is 11.3 Å². The van der Waals surface area contributed by atoms with E-state index in [2.05, 4.69) is 22.1 Å². The van der Waals surface area contributed by atoms with Gasteiger partial charge in [0.05, 0.1) is 6.04 Å². The summed E-state index contributed by atoms with van der Waals surface area (Å²) in [4.78, 5) is 25.8. The summed E-state index contributed by atoms with van der Waals surface area (Å²) in [7, 11) is 0. The molecule has 1 heterocycles. The number of hydrogen-bond donors (Lipinski definition) is 2. The number of carbonyl (C=O) groups is 2. The van der Waals surface area contributed by atoms with Gasteiger partial charge < -0.3 is 10.6 Å². The van der Waals surface area contributed by atoms with Crippen LogP contribution in [0.2, 0.25) is 0 Å². The van der Waals surface area contributed by atoms with E-state index in [1.54, 1.807) is 23.5 Å². The lowest BCUT2D eigenvalue weighted by Crippen LogP contribution is -2.30. The summed E-state index contributed by atoms with van der Waals surface area (Å²) in [6.07, 6.45) is 10.4. The predicted octanol–water partition coefficient (Wildman–Crippen LogP) is 4.70. The van der Waals surface area contributed by atoms with Gasteiger partial charge in [0.1, 0.15) is 0 Å². The van der Waals surface area contributed by atoms with Gasteiger partial charge >= 0.3 is 0 Å². The molecule has 5 heteroatoms. The molecule has 0 spiro atoms. The number of amides is 2. The zero-order valence-electron chi connectivity index (χ0n) is 15.9. The second-order valence-corrected chi connectivity index (χ2v) is 8.73. The summed E-state index contributed by atoms with van der Waals surface area (Å²) in [5.41, 5.74) is 1.57. The quantitative estimate of drug-likeness (QED) is 0.669. The van der Waals surface area contributed by atoms with Crippen LogP contribution in [-0.4, -0.2) is 17.9 Å². The average Bonchev–Trinajstić information content (AvgIpc) is 3.16. The molecular formula is C23H26N2O2S. The van der Waals surface area contributed by atoms with Crippen LogP contribution in [0, 0.1) is 5.92 Å². The van der Waals surface area contributed by atoms with Crippen molar-refractivity contribution in [3.8, 4) is 0 Å². The fourth-order valence-electron chi connectivity index (χ4n) is 3.80. The Balaban J connectivity index is 1.36. The number of nitrogens with one attached hydrogen (secondary N) is 2. The summed E-state index contributed by atoms with van der Waals surface area (Å²) in [6.45, 7) is 0. The van der Waals surface area contributed by atoms with Gasteiger partial charge in [0.2, 0.25) is 5.91 Å². The number of hydrogen-bond acceptors (Lipinski definition) is 3. The molecule has 0 aliphatic heterocycles. The van der Waals surface area contributed by atoms with Crippen LogP contribution in [0.1, 0.15) is 65.4 Å². The predicted molar refractivity (Wildman–Crippen MR) is 113 cm³/mol. The topological polar surface area (TPSA) is 58.2 Å². The summed E-state index contributed by atoms with van der Waals surface area (Å²) in [6, 6.07) is 12.0. The lowest BCUT2D eigenvalue weighted by Gasteiger charge is -2.23. The molecule has 1 atom stereocenters. The molecule has 4 nitrogen and oxygen atoms in total. The zero-order valence-corrected chi connectivity index (χ0v) is 16.7. The monoisotopic (exact) mass is 394 g/mol. The Hall–Kier alpha value is -2.40. The van der Waals surface area contributed by atoms with Crippen molar-refractivity contribution < 1.29 is 9.59 Å². The van der Waals surface area contributed by atoms with Crippen molar-refractivity contribution in [1.82, 2.24) is 10.6 Å². The summed E-state index contributed by atoms with van der Waals surface area (Å²) in [5, 5.41) is 8.26. The fraction of sp³-hybridized carbons (Fsp3) is 0.391. The third-order valence-corrected chi connectivity index (χ3v) is 6.49. The number of carbonyl (C=O) groups excluding carboxylic acids is 2. The van der Waals surface area contributed by atoms with Crippen molar-refractivity contribution in [2.24, 2.45) is 5.92 Å². The van der Waals surface area contributed by atoms with E-state index in [0.717, 1.165) is 18.4 Å². The van der Waals surface area contributed by atoms with E-state index in [4.69, 9.17) is 0 Å². The first-order valence-corrected chi connectivity index (χ1v) is 11.0. The maximum Gasteiger partial charge on any atom is 0.251 e. The lowest BCUT2D eigenvalue weighted by molar-refractivity contribution is -0.117. The molecule has 2 aliphatic rings. The van der Waals surface area contributed by atoms with E-state index < -0.39 is 0 Å². The maximum absolute atomic E-state index is 12.5. The van der Waals surface area contributed by atoms with Crippen molar-refractivity contribution in [1.29, 1.82) is 0 Å². The van der Waals surface area contributed by atoms with Crippen LogP contribution in [0.4, 0.5) is 0 Å². The van der Waals surface area contributed by atoms with E-state index in [-0.39, 0.29) is 17.9 Å². The van der Waals surface area contributed by atoms with Crippen molar-refractivity contribution >= 4 is 29.2 Å². The Morgan fingerprint density at radius 2 is 1.79 bits per heavy atom. The Morgan fingerprint density at radius 3 is 2.43 bits per heavy atom. The standard InChI is InChI=1S/C23H26N2O2S/c26-21(25-22(17-4-1-2-5-17)20-6-3-15-28-20)14-9-16-7-10-18(11-8-16)23(27)24-19-12-13-19/h3,6-11,14-15,17,19,22H,1-2,4-5,12-13H2,(H,24,27)(H,25,26)/b14-9+. The molecule has 2 saturated carbocycles. The van der Waals surface area contributed by atoms with Crippen molar-refractivity contribution in [2.45, 2.75) is 50.6 Å². The molecule has 2 N–H and O–H groups in total. The number of benzene rings is 1. The third kappa shape index (κ3) is 4.90. The van der Waals surface area contributed by atoms with E-state index in [1.165, 1.54) is 30.6 Å². The number of rotatable bonds is 7. The molecule has 0 radical (unpaired) electrons. The second kappa shape index (κ2) is 8.74. The molecule has 2 fully saturated rings. The van der Waals surface area contributed by atoms with Crippen molar-refractivity contribution in [3.63, 3.8) is 0 Å². The Morgan fingerprint density at radius 1 is 1.04 bits per heavy atom. The minimum atomic E-state index is -0.0687. The van der Waals surface area contributed by atoms with E-state index in [9.17, 15) is 9.59 Å². The Labute approximate surface area is 170 Å². The molecule has 1 aromatic carbocycles. The van der Waals surface area contributed by atoms with Gasteiger partial charge in [-0.25, -0.2) is 0 Å². The van der Waals surface area contributed by atoms with Crippen LogP contribution in [0.25, 0.3) is 6.08 Å². The highest BCUT2D eigenvalue weighted by Gasteiger charge is 2.28. The van der Waals surface area contributed by atoms with Crippen LogP contribution in [-0.2, 0) is 4.79 Å². The highest BCUT2D eigenvalue weighted by atomic mass is 32.1. The molecule has 28 heavy (non-hydrogen) atoms. The third-order valence-electron chi connectivity index (χ3n) is 5.53. The molecule has 2 amide bonds. The highest BCUT2D eigenvalue weighted by Crippen LogP contribution is 2.37. The first-order chi connectivity index (χ1) is 13.7. The van der Waals surface area contributed by atoms with Crippen LogP contribution in [0.3, 0.4) is 0 Å². The first kappa shape index (κ1) is 18.9. The van der Waals surface area contributed by atoms with Crippen molar-refractivity contribution in [3.05, 3.63) is 63.9 Å². The second-order valence-electron chi connectivity index (χ2n) is 7.75. The van der Waals surface area contributed by atoms with E-state index >= 15 is 0 Å². The molecule has 2 aliphatic carbocycles. The molecule has 146 valence electrons. The van der Waals surface area contributed by atoms with E-state index in [1.807, 2.05) is 30.3 Å². The van der Waals surface area contributed by atoms with Crippen molar-refractivity contribution in [2.75, 3.05) is 0 Å². The molecule has 2 aromatic rings. The van der Waals surface area contributed by atoms with E-state index in [0.29, 0.717) is 17.5 Å². The number of thiophene rings is 1. The molecule has 4 rings (SSSR count). The van der Waals surface area contributed by atoms with Gasteiger partial charge in [-0.15, -0.1) is 11.3 Å². The SMILES string of the molecule is O=C(/C=C/c1ccc(C(=O)NC2CC2)cc1)NC(c1cccs1)C1CCCC1. The van der Waals surface area contributed by atoms with Gasteiger partial charge in [0.15, 0.2) is 0 Å². The smallest absolute Gasteiger partial charge is 0.251 e. The zero-order chi connectivity index (χ0) is 19.3. The minimum Gasteiger partial charge on any atom is -0.349 e. The first-order valence-electron chi connectivity index (χ1n) is 10.1. The fourth-order valence-corrected chi connectivity index (χ4v) is 4.66. The van der Waals surface area contributed by atoms with Gasteiger partial charge in [0, 0.05) is 22.6 Å². The van der Waals surface area contributed by atoms with Crippen LogP contribution < -0.4 is 10.6 Å². The normalized spacial score (nSPS) is 18.3. The van der Waals surface area contributed by atoms with Gasteiger partial charge in [-0.05, 0) is 66.8 Å². The van der Waals surface area contributed by atoms with Crippen LogP contribution in [0.15, 0.2) is 47.9 Å². The lowest BCUT2D eigenvalue weighted by atomic mass is 9.96. The Kier molecular flexibility index (Phi) is 5.91. The summed E-state index contributed by atoms with van der Waals surface area (Å²) in [5.74, 6) is 0.437. The highest BCUT2D eigenvalue weighted by molar-refractivity contribution is 7.10. The molecule has 0 saturated heterocycles. The molecule has 1 unspecified atom stereocenters. The van der Waals surface area contributed by atoms with Crippen LogP contribution in [0.5, 0.6) is 0 Å². The molecule has 0 bridgehead atoms. The molecular weight excluding hydrogens is 368 g/mol.